The minimum absolute atomic E-state index is 0.327. The number of aromatic hydroxyl groups is 1. The first kappa shape index (κ1) is 10.5. The van der Waals surface area contributed by atoms with Crippen molar-refractivity contribution in [2.75, 3.05) is 0 Å². The fraction of sp³-hybridized carbons (Fsp3) is 0.167. The molecular formula is C6H2F5NO2. The quantitative estimate of drug-likeness (QED) is 0.575. The van der Waals surface area contributed by atoms with Gasteiger partial charge in [-0.05, 0) is 0 Å². The lowest BCUT2D eigenvalue weighted by molar-refractivity contribution is -0.276. The van der Waals surface area contributed by atoms with Crippen LogP contribution in [0.5, 0.6) is 11.5 Å². The summed E-state index contributed by atoms with van der Waals surface area (Å²) < 4.78 is 62.8. The maximum absolute atomic E-state index is 12.6. The van der Waals surface area contributed by atoms with E-state index in [0.29, 0.717) is 6.20 Å². The van der Waals surface area contributed by atoms with E-state index in [2.05, 4.69) is 9.72 Å². The molecule has 0 radical (unpaired) electrons. The Morgan fingerprint density at radius 1 is 1.29 bits per heavy atom. The maximum Gasteiger partial charge on any atom is 0.573 e. The van der Waals surface area contributed by atoms with Crippen molar-refractivity contribution in [2.24, 2.45) is 0 Å². The zero-order valence-electron chi connectivity index (χ0n) is 6.27. The number of rotatable bonds is 1. The minimum Gasteiger partial charge on any atom is -0.504 e. The Balaban J connectivity index is 3.13. The van der Waals surface area contributed by atoms with Gasteiger partial charge in [-0.25, -0.2) is 4.98 Å². The first-order valence-electron chi connectivity index (χ1n) is 3.10. The van der Waals surface area contributed by atoms with E-state index >= 15 is 0 Å². The highest BCUT2D eigenvalue weighted by Crippen LogP contribution is 2.31. The molecule has 14 heavy (non-hydrogen) atoms. The van der Waals surface area contributed by atoms with Crippen molar-refractivity contribution in [3.63, 3.8) is 0 Å². The van der Waals surface area contributed by atoms with E-state index < -0.39 is 29.6 Å². The molecule has 1 aromatic rings. The summed E-state index contributed by atoms with van der Waals surface area (Å²) in [6, 6.07) is 0. The van der Waals surface area contributed by atoms with Crippen molar-refractivity contribution in [2.45, 2.75) is 6.36 Å². The Kier molecular flexibility index (Phi) is 2.45. The van der Waals surface area contributed by atoms with Gasteiger partial charge in [0.15, 0.2) is 5.75 Å². The summed E-state index contributed by atoms with van der Waals surface area (Å²) in [6.07, 6.45) is -4.93. The van der Waals surface area contributed by atoms with E-state index in [0.717, 1.165) is 0 Å². The highest BCUT2D eigenvalue weighted by Gasteiger charge is 2.35. The molecule has 1 rings (SSSR count). The van der Waals surface area contributed by atoms with Gasteiger partial charge >= 0.3 is 6.36 Å². The van der Waals surface area contributed by atoms with Crippen molar-refractivity contribution in [1.29, 1.82) is 0 Å². The molecule has 3 nitrogen and oxygen atoms in total. The van der Waals surface area contributed by atoms with Crippen molar-refractivity contribution in [3.05, 3.63) is 18.0 Å². The first-order chi connectivity index (χ1) is 6.31. The topological polar surface area (TPSA) is 42.4 Å². The van der Waals surface area contributed by atoms with Crippen LogP contribution in [-0.2, 0) is 0 Å². The minimum atomic E-state index is -5.25. The number of pyridine rings is 1. The second-order valence-electron chi connectivity index (χ2n) is 2.13. The third-order valence-corrected chi connectivity index (χ3v) is 1.13. The van der Waals surface area contributed by atoms with Gasteiger partial charge in [-0.2, -0.15) is 8.78 Å². The van der Waals surface area contributed by atoms with Gasteiger partial charge in [-0.3, -0.25) is 0 Å². The molecule has 0 aliphatic heterocycles. The second kappa shape index (κ2) is 3.28. The van der Waals surface area contributed by atoms with Crippen LogP contribution in [-0.4, -0.2) is 16.5 Å². The molecule has 0 bridgehead atoms. The van der Waals surface area contributed by atoms with E-state index in [4.69, 9.17) is 5.11 Å². The van der Waals surface area contributed by atoms with Gasteiger partial charge in [0.2, 0.25) is 11.6 Å². The molecule has 1 aromatic heterocycles. The molecule has 0 spiro atoms. The molecule has 0 aliphatic carbocycles. The zero-order chi connectivity index (χ0) is 10.9. The van der Waals surface area contributed by atoms with Crippen LogP contribution in [0.4, 0.5) is 22.0 Å². The van der Waals surface area contributed by atoms with E-state index in [1.54, 1.807) is 0 Å². The average molecular weight is 215 g/mol. The highest BCUT2D eigenvalue weighted by molar-refractivity contribution is 5.31. The molecule has 0 aliphatic rings. The molecule has 1 N–H and O–H groups in total. The van der Waals surface area contributed by atoms with Crippen LogP contribution in [0.1, 0.15) is 0 Å². The van der Waals surface area contributed by atoms with Crippen molar-refractivity contribution < 1.29 is 31.8 Å². The summed E-state index contributed by atoms with van der Waals surface area (Å²) in [4.78, 5) is 2.64. The molecule has 1 heterocycles. The first-order valence-corrected chi connectivity index (χ1v) is 3.10. The van der Waals surface area contributed by atoms with Crippen molar-refractivity contribution in [1.82, 2.24) is 4.98 Å². The highest BCUT2D eigenvalue weighted by atomic mass is 19.4. The van der Waals surface area contributed by atoms with E-state index in [-0.39, 0.29) is 0 Å². The number of hydrogen-bond acceptors (Lipinski definition) is 3. The smallest absolute Gasteiger partial charge is 0.504 e. The van der Waals surface area contributed by atoms with E-state index in [1.165, 1.54) is 0 Å². The Bertz CT molecular complexity index is 351. The lowest BCUT2D eigenvalue weighted by Crippen LogP contribution is -2.19. The fourth-order valence-corrected chi connectivity index (χ4v) is 0.643. The molecule has 0 atom stereocenters. The maximum atomic E-state index is 12.6. The Morgan fingerprint density at radius 3 is 2.36 bits per heavy atom. The van der Waals surface area contributed by atoms with Crippen LogP contribution in [0.3, 0.4) is 0 Å². The van der Waals surface area contributed by atoms with Crippen LogP contribution < -0.4 is 4.74 Å². The molecule has 78 valence electrons. The predicted molar refractivity (Wildman–Crippen MR) is 32.5 cm³/mol. The summed E-state index contributed by atoms with van der Waals surface area (Å²) in [7, 11) is 0. The average Bonchev–Trinajstić information content (AvgIpc) is 2.04. The predicted octanol–water partition coefficient (Wildman–Crippen LogP) is 1.96. The van der Waals surface area contributed by atoms with Gasteiger partial charge in [0.25, 0.3) is 5.95 Å². The number of nitrogens with zero attached hydrogens (tertiary/aromatic N) is 1. The standard InChI is InChI=1S/C6H2F5NO2/c7-3-2(13)1-12-5(8)4(3)14-6(9,10)11/h1,13H. The molecule has 0 unspecified atom stereocenters. The lowest BCUT2D eigenvalue weighted by Gasteiger charge is -2.09. The number of hydrogen-bond donors (Lipinski definition) is 1. The van der Waals surface area contributed by atoms with Crippen LogP contribution in [0.2, 0.25) is 0 Å². The van der Waals surface area contributed by atoms with Crippen LogP contribution in [0.25, 0.3) is 0 Å². The summed E-state index contributed by atoms with van der Waals surface area (Å²) in [5, 5.41) is 8.57. The van der Waals surface area contributed by atoms with Crippen LogP contribution in [0, 0.1) is 11.8 Å². The van der Waals surface area contributed by atoms with Gasteiger partial charge in [-0.15, -0.1) is 13.2 Å². The van der Waals surface area contributed by atoms with E-state index in [9.17, 15) is 22.0 Å². The molecule has 0 amide bonds. The van der Waals surface area contributed by atoms with Gasteiger partial charge in [-0.1, -0.05) is 0 Å². The fourth-order valence-electron chi connectivity index (χ4n) is 0.643. The van der Waals surface area contributed by atoms with Crippen molar-refractivity contribution in [3.8, 4) is 11.5 Å². The number of ether oxygens (including phenoxy) is 1. The Hall–Kier alpha value is -1.60. The summed E-state index contributed by atoms with van der Waals surface area (Å²) >= 11 is 0. The van der Waals surface area contributed by atoms with Crippen LogP contribution >= 0.6 is 0 Å². The summed E-state index contributed by atoms with van der Waals surface area (Å²) in [5.74, 6) is -6.66. The summed E-state index contributed by atoms with van der Waals surface area (Å²) in [6.45, 7) is 0. The van der Waals surface area contributed by atoms with Gasteiger partial charge in [0, 0.05) is 0 Å². The van der Waals surface area contributed by atoms with E-state index in [1.807, 2.05) is 0 Å². The van der Waals surface area contributed by atoms with Gasteiger partial charge < -0.3 is 9.84 Å². The SMILES string of the molecule is Oc1cnc(F)c(OC(F)(F)F)c1F. The van der Waals surface area contributed by atoms with Crippen LogP contribution in [0.15, 0.2) is 6.20 Å². The number of aromatic nitrogens is 1. The molecule has 0 saturated carbocycles. The molecular weight excluding hydrogens is 213 g/mol. The largest absolute Gasteiger partial charge is 0.573 e. The molecule has 0 fully saturated rings. The lowest BCUT2D eigenvalue weighted by atomic mass is 10.4. The third-order valence-electron chi connectivity index (χ3n) is 1.13. The number of alkyl halides is 3. The van der Waals surface area contributed by atoms with Gasteiger partial charge in [0.05, 0.1) is 6.20 Å². The number of halogens is 5. The summed E-state index contributed by atoms with van der Waals surface area (Å²) in [5.41, 5.74) is 0. The molecule has 0 aromatic carbocycles. The third kappa shape index (κ3) is 2.21. The van der Waals surface area contributed by atoms with Crippen molar-refractivity contribution >= 4 is 0 Å². The van der Waals surface area contributed by atoms with Gasteiger partial charge in [0.1, 0.15) is 0 Å². The Morgan fingerprint density at radius 2 is 1.86 bits per heavy atom. The zero-order valence-corrected chi connectivity index (χ0v) is 6.27. The Labute approximate surface area is 73.8 Å². The second-order valence-corrected chi connectivity index (χ2v) is 2.13. The molecule has 0 saturated heterocycles. The normalized spacial score (nSPS) is 11.5. The monoisotopic (exact) mass is 215 g/mol. The molecule has 8 heteroatoms.